The Morgan fingerprint density at radius 1 is 1.32 bits per heavy atom. The molecule has 22 heavy (non-hydrogen) atoms. The molecule has 1 spiro atoms. The number of carbonyl (C=O) groups excluding carboxylic acids is 2. The molecule has 1 saturated carbocycles. The summed E-state index contributed by atoms with van der Waals surface area (Å²) in [5, 5.41) is 2.70. The van der Waals surface area contributed by atoms with Crippen molar-refractivity contribution in [3.05, 3.63) is 34.9 Å². The number of carbonyl (C=O) groups is 2. The lowest BCUT2D eigenvalue weighted by Crippen LogP contribution is -2.47. The molecular formula is C17H20N2O3. The van der Waals surface area contributed by atoms with E-state index >= 15 is 0 Å². The Morgan fingerprint density at radius 3 is 2.91 bits per heavy atom. The highest BCUT2D eigenvalue weighted by atomic mass is 16.5. The summed E-state index contributed by atoms with van der Waals surface area (Å²) in [5.74, 6) is 0.0941. The molecule has 0 bridgehead atoms. The minimum Gasteiger partial charge on any atom is -0.359 e. The second-order valence-corrected chi connectivity index (χ2v) is 6.56. The standard InChI is InChI=1S/C17H20N2O3/c1-11-2-4-13-14(8-11)17(6-7-17)19(16(13)21)12-3-5-15(20)18-10-22-9-12/h2,4,8,12H,3,5-7,9-10H2,1H3,(H,18,20). The SMILES string of the molecule is Cc1ccc2c(c1)C1(CC1)N(C1CCC(=O)NCOC1)C2=O. The number of fused-ring (bicyclic) bond motifs is 2. The van der Waals surface area contributed by atoms with E-state index in [9.17, 15) is 9.59 Å². The number of hydrogen-bond acceptors (Lipinski definition) is 3. The van der Waals surface area contributed by atoms with E-state index in [1.165, 1.54) is 11.1 Å². The number of benzene rings is 1. The van der Waals surface area contributed by atoms with Crippen molar-refractivity contribution in [3.63, 3.8) is 0 Å². The number of ether oxygens (including phenoxy) is 1. The lowest BCUT2D eigenvalue weighted by Gasteiger charge is -2.34. The van der Waals surface area contributed by atoms with Crippen LogP contribution < -0.4 is 5.32 Å². The van der Waals surface area contributed by atoms with Crippen molar-refractivity contribution in [2.24, 2.45) is 0 Å². The van der Waals surface area contributed by atoms with E-state index < -0.39 is 0 Å². The molecule has 2 amide bonds. The van der Waals surface area contributed by atoms with Crippen molar-refractivity contribution in [2.45, 2.75) is 44.2 Å². The molecule has 4 rings (SSSR count). The van der Waals surface area contributed by atoms with Gasteiger partial charge in [0.2, 0.25) is 5.91 Å². The summed E-state index contributed by atoms with van der Waals surface area (Å²) in [6, 6.07) is 6.08. The van der Waals surface area contributed by atoms with E-state index in [1.807, 2.05) is 17.0 Å². The van der Waals surface area contributed by atoms with Gasteiger partial charge in [-0.1, -0.05) is 17.7 Å². The topological polar surface area (TPSA) is 58.6 Å². The third-order valence-corrected chi connectivity index (χ3v) is 5.06. The highest BCUT2D eigenvalue weighted by Gasteiger charge is 2.59. The molecule has 5 nitrogen and oxygen atoms in total. The van der Waals surface area contributed by atoms with Gasteiger partial charge in [0.25, 0.3) is 5.91 Å². The maximum Gasteiger partial charge on any atom is 0.255 e. The van der Waals surface area contributed by atoms with Gasteiger partial charge in [-0.15, -0.1) is 0 Å². The number of rotatable bonds is 1. The lowest BCUT2D eigenvalue weighted by atomic mass is 9.99. The molecule has 1 saturated heterocycles. The molecule has 1 aromatic carbocycles. The first kappa shape index (κ1) is 13.8. The van der Waals surface area contributed by atoms with Gasteiger partial charge in [-0.05, 0) is 37.8 Å². The zero-order valence-electron chi connectivity index (χ0n) is 12.7. The van der Waals surface area contributed by atoms with Gasteiger partial charge in [-0.3, -0.25) is 9.59 Å². The zero-order valence-corrected chi connectivity index (χ0v) is 12.7. The van der Waals surface area contributed by atoms with E-state index in [0.29, 0.717) is 19.4 Å². The molecule has 0 radical (unpaired) electrons. The lowest BCUT2D eigenvalue weighted by molar-refractivity contribution is -0.125. The molecule has 116 valence electrons. The summed E-state index contributed by atoms with van der Waals surface area (Å²) in [4.78, 5) is 26.5. The van der Waals surface area contributed by atoms with Crippen molar-refractivity contribution < 1.29 is 14.3 Å². The fourth-order valence-corrected chi connectivity index (χ4v) is 3.83. The first-order valence-electron chi connectivity index (χ1n) is 7.91. The van der Waals surface area contributed by atoms with E-state index in [0.717, 1.165) is 18.4 Å². The van der Waals surface area contributed by atoms with Gasteiger partial charge < -0.3 is 15.0 Å². The van der Waals surface area contributed by atoms with E-state index in [2.05, 4.69) is 18.3 Å². The van der Waals surface area contributed by atoms with Crippen LogP contribution in [-0.2, 0) is 15.1 Å². The molecular weight excluding hydrogens is 280 g/mol. The molecule has 3 aliphatic rings. The predicted molar refractivity (Wildman–Crippen MR) is 80.2 cm³/mol. The molecule has 2 aliphatic heterocycles. The summed E-state index contributed by atoms with van der Waals surface area (Å²) in [6.45, 7) is 2.78. The maximum atomic E-state index is 12.9. The van der Waals surface area contributed by atoms with Crippen molar-refractivity contribution >= 4 is 11.8 Å². The van der Waals surface area contributed by atoms with Crippen LogP contribution in [0.5, 0.6) is 0 Å². The first-order valence-corrected chi connectivity index (χ1v) is 7.91. The molecule has 5 heteroatoms. The van der Waals surface area contributed by atoms with Crippen LogP contribution in [0.2, 0.25) is 0 Å². The van der Waals surface area contributed by atoms with Crippen molar-refractivity contribution in [3.8, 4) is 0 Å². The van der Waals surface area contributed by atoms with Crippen LogP contribution in [0.1, 0.15) is 47.2 Å². The molecule has 1 aromatic rings. The maximum absolute atomic E-state index is 12.9. The first-order chi connectivity index (χ1) is 10.6. The summed E-state index contributed by atoms with van der Waals surface area (Å²) in [7, 11) is 0. The minimum absolute atomic E-state index is 0.00504. The van der Waals surface area contributed by atoms with Gasteiger partial charge in [0.05, 0.1) is 18.2 Å². The van der Waals surface area contributed by atoms with E-state index in [4.69, 9.17) is 4.74 Å². The molecule has 2 fully saturated rings. The summed E-state index contributed by atoms with van der Waals surface area (Å²) in [6.07, 6.45) is 3.13. The normalized spacial score (nSPS) is 26.4. The fourth-order valence-electron chi connectivity index (χ4n) is 3.83. The summed E-state index contributed by atoms with van der Waals surface area (Å²) < 4.78 is 5.54. The molecule has 2 heterocycles. The predicted octanol–water partition coefficient (Wildman–Crippen LogP) is 1.69. The zero-order chi connectivity index (χ0) is 15.3. The third kappa shape index (κ3) is 1.96. The van der Waals surface area contributed by atoms with Gasteiger partial charge in [-0.25, -0.2) is 0 Å². The van der Waals surface area contributed by atoms with Crippen LogP contribution in [0, 0.1) is 6.92 Å². The average molecular weight is 300 g/mol. The smallest absolute Gasteiger partial charge is 0.255 e. The van der Waals surface area contributed by atoms with Gasteiger partial charge in [-0.2, -0.15) is 0 Å². The van der Waals surface area contributed by atoms with Crippen molar-refractivity contribution in [1.82, 2.24) is 10.2 Å². The average Bonchev–Trinajstić information content (AvgIpc) is 3.23. The Hall–Kier alpha value is -1.88. The summed E-state index contributed by atoms with van der Waals surface area (Å²) in [5.41, 5.74) is 3.05. The number of nitrogens with zero attached hydrogens (tertiary/aromatic N) is 1. The second-order valence-electron chi connectivity index (χ2n) is 6.56. The second kappa shape index (κ2) is 4.81. The number of aryl methyl sites for hydroxylation is 1. The van der Waals surface area contributed by atoms with Crippen LogP contribution in [0.3, 0.4) is 0 Å². The molecule has 1 atom stereocenters. The number of hydrogen-bond donors (Lipinski definition) is 1. The monoisotopic (exact) mass is 300 g/mol. The molecule has 1 unspecified atom stereocenters. The largest absolute Gasteiger partial charge is 0.359 e. The van der Waals surface area contributed by atoms with Crippen LogP contribution in [0.4, 0.5) is 0 Å². The van der Waals surface area contributed by atoms with Crippen molar-refractivity contribution in [2.75, 3.05) is 13.3 Å². The van der Waals surface area contributed by atoms with Crippen LogP contribution >= 0.6 is 0 Å². The Bertz CT molecular complexity index is 651. The molecule has 1 N–H and O–H groups in total. The van der Waals surface area contributed by atoms with Gasteiger partial charge in [0.1, 0.15) is 6.73 Å². The highest BCUT2D eigenvalue weighted by Crippen LogP contribution is 2.57. The highest BCUT2D eigenvalue weighted by molar-refractivity contribution is 6.01. The van der Waals surface area contributed by atoms with Gasteiger partial charge in [0.15, 0.2) is 0 Å². The quantitative estimate of drug-likeness (QED) is 0.858. The molecule has 0 aromatic heterocycles. The Morgan fingerprint density at radius 2 is 2.14 bits per heavy atom. The minimum atomic E-state index is -0.137. The summed E-state index contributed by atoms with van der Waals surface area (Å²) >= 11 is 0. The third-order valence-electron chi connectivity index (χ3n) is 5.06. The van der Waals surface area contributed by atoms with Crippen molar-refractivity contribution in [1.29, 1.82) is 0 Å². The van der Waals surface area contributed by atoms with E-state index in [1.54, 1.807) is 0 Å². The van der Waals surface area contributed by atoms with Gasteiger partial charge in [0, 0.05) is 12.0 Å². The molecule has 1 aliphatic carbocycles. The van der Waals surface area contributed by atoms with Crippen LogP contribution in [-0.4, -0.2) is 36.1 Å². The fraction of sp³-hybridized carbons (Fsp3) is 0.529. The number of amides is 2. The van der Waals surface area contributed by atoms with E-state index in [-0.39, 0.29) is 30.1 Å². The van der Waals surface area contributed by atoms with Crippen LogP contribution in [0.25, 0.3) is 0 Å². The Balaban J connectivity index is 1.68. The van der Waals surface area contributed by atoms with Crippen LogP contribution in [0.15, 0.2) is 18.2 Å². The number of nitrogens with one attached hydrogen (secondary N) is 1. The Labute approximate surface area is 129 Å². The Kier molecular flexibility index (Phi) is 3.01. The van der Waals surface area contributed by atoms with Gasteiger partial charge >= 0.3 is 0 Å².